The van der Waals surface area contributed by atoms with Gasteiger partial charge in [0.15, 0.2) is 0 Å². The van der Waals surface area contributed by atoms with Gasteiger partial charge in [-0.25, -0.2) is 0 Å². The van der Waals surface area contributed by atoms with Crippen molar-refractivity contribution in [3.8, 4) is 0 Å². The Morgan fingerprint density at radius 3 is 2.73 bits per heavy atom. The molecular formula is C13H25BO. The normalized spacial score (nSPS) is 40.5. The molecule has 86 valence electrons. The van der Waals surface area contributed by atoms with E-state index in [2.05, 4.69) is 27.7 Å². The van der Waals surface area contributed by atoms with Crippen molar-refractivity contribution in [2.75, 3.05) is 0 Å². The van der Waals surface area contributed by atoms with Crippen LogP contribution in [0.2, 0.25) is 11.6 Å². The fraction of sp³-hybridized carbons (Fsp3) is 1.00. The minimum Gasteiger partial charge on any atom is -0.370 e. The van der Waals surface area contributed by atoms with Gasteiger partial charge in [0.1, 0.15) is 7.28 Å². The zero-order valence-electron chi connectivity index (χ0n) is 10.8. The van der Waals surface area contributed by atoms with E-state index in [0.717, 1.165) is 0 Å². The maximum Gasteiger partial charge on any atom is 0.131 e. The summed E-state index contributed by atoms with van der Waals surface area (Å²) in [4.78, 5) is 0. The van der Waals surface area contributed by atoms with Crippen LogP contribution in [0.3, 0.4) is 0 Å². The minimum absolute atomic E-state index is 0.472. The summed E-state index contributed by atoms with van der Waals surface area (Å²) in [5.74, 6) is 0. The molecule has 0 amide bonds. The number of hydrogen-bond acceptors (Lipinski definition) is 1. The summed E-state index contributed by atoms with van der Waals surface area (Å²) < 4.78 is 5.84. The lowest BCUT2D eigenvalue weighted by atomic mass is 9.45. The van der Waals surface area contributed by atoms with Gasteiger partial charge < -0.3 is 4.74 Å². The van der Waals surface area contributed by atoms with E-state index in [1.807, 2.05) is 0 Å². The van der Waals surface area contributed by atoms with E-state index in [1.165, 1.54) is 39.3 Å². The van der Waals surface area contributed by atoms with Crippen LogP contribution in [0.15, 0.2) is 0 Å². The zero-order valence-corrected chi connectivity index (χ0v) is 10.8. The van der Waals surface area contributed by atoms with Gasteiger partial charge in [-0.15, -0.1) is 0 Å². The van der Waals surface area contributed by atoms with Gasteiger partial charge in [0.05, 0.1) is 12.2 Å². The smallest absolute Gasteiger partial charge is 0.131 e. The number of ether oxygens (including phenoxy) is 1. The van der Waals surface area contributed by atoms with Gasteiger partial charge in [-0.05, 0) is 17.2 Å². The van der Waals surface area contributed by atoms with E-state index in [1.54, 1.807) is 0 Å². The molecule has 0 radical (unpaired) electrons. The predicted molar refractivity (Wildman–Crippen MR) is 66.9 cm³/mol. The van der Waals surface area contributed by atoms with Gasteiger partial charge in [-0.2, -0.15) is 0 Å². The molecule has 0 N–H and O–H groups in total. The van der Waals surface area contributed by atoms with Crippen molar-refractivity contribution >= 4 is 7.28 Å². The highest BCUT2D eigenvalue weighted by atomic mass is 16.6. The van der Waals surface area contributed by atoms with E-state index in [-0.39, 0.29) is 0 Å². The van der Waals surface area contributed by atoms with Gasteiger partial charge in [0.25, 0.3) is 0 Å². The SMILES string of the molecule is CC(C)(C)CBC1(C)CCCCC2OC21. The van der Waals surface area contributed by atoms with Crippen LogP contribution in [0.1, 0.15) is 53.4 Å². The van der Waals surface area contributed by atoms with Gasteiger partial charge >= 0.3 is 0 Å². The summed E-state index contributed by atoms with van der Waals surface area (Å²) in [6, 6.07) is 0. The molecule has 2 rings (SSSR count). The lowest BCUT2D eigenvalue weighted by molar-refractivity contribution is 0.299. The largest absolute Gasteiger partial charge is 0.370 e. The highest BCUT2D eigenvalue weighted by molar-refractivity contribution is 6.40. The monoisotopic (exact) mass is 208 g/mol. The van der Waals surface area contributed by atoms with E-state index < -0.39 is 0 Å². The Bertz CT molecular complexity index is 233. The van der Waals surface area contributed by atoms with Crippen LogP contribution in [0, 0.1) is 5.41 Å². The highest BCUT2D eigenvalue weighted by Gasteiger charge is 2.52. The molecule has 2 heteroatoms. The fourth-order valence-corrected chi connectivity index (χ4v) is 2.92. The van der Waals surface area contributed by atoms with Gasteiger partial charge in [-0.1, -0.05) is 53.3 Å². The number of rotatable bonds is 2. The Hall–Kier alpha value is 0.0249. The zero-order chi connectivity index (χ0) is 11.1. The molecule has 2 fully saturated rings. The molecule has 15 heavy (non-hydrogen) atoms. The molecule has 1 aliphatic carbocycles. The molecule has 1 nitrogen and oxygen atoms in total. The van der Waals surface area contributed by atoms with Crippen molar-refractivity contribution < 1.29 is 4.74 Å². The average Bonchev–Trinajstić information content (AvgIpc) is 2.86. The first kappa shape index (κ1) is 11.5. The predicted octanol–water partition coefficient (Wildman–Crippen LogP) is 3.41. The van der Waals surface area contributed by atoms with Crippen molar-refractivity contribution in [2.24, 2.45) is 5.41 Å². The first-order chi connectivity index (χ1) is 6.91. The minimum atomic E-state index is 0.472. The second kappa shape index (κ2) is 3.80. The summed E-state index contributed by atoms with van der Waals surface area (Å²) in [7, 11) is 1.34. The van der Waals surface area contributed by atoms with E-state index in [9.17, 15) is 0 Å². The van der Waals surface area contributed by atoms with Crippen molar-refractivity contribution in [1.82, 2.24) is 0 Å². The Morgan fingerprint density at radius 2 is 2.07 bits per heavy atom. The summed E-state index contributed by atoms with van der Waals surface area (Å²) in [5.41, 5.74) is 0.472. The first-order valence-electron chi connectivity index (χ1n) is 6.56. The van der Waals surface area contributed by atoms with Crippen LogP contribution < -0.4 is 0 Å². The summed E-state index contributed by atoms with van der Waals surface area (Å²) in [5, 5.41) is 0.481. The van der Waals surface area contributed by atoms with Gasteiger partial charge in [0, 0.05) is 0 Å². The molecular weight excluding hydrogens is 183 g/mol. The molecule has 0 aromatic heterocycles. The van der Waals surface area contributed by atoms with Gasteiger partial charge in [0.2, 0.25) is 0 Å². The maximum absolute atomic E-state index is 5.84. The highest BCUT2D eigenvalue weighted by Crippen LogP contribution is 2.52. The Morgan fingerprint density at radius 1 is 1.33 bits per heavy atom. The summed E-state index contributed by atoms with van der Waals surface area (Å²) in [6.07, 6.45) is 8.04. The second-order valence-corrected chi connectivity index (χ2v) is 7.06. The van der Waals surface area contributed by atoms with Crippen molar-refractivity contribution in [3.63, 3.8) is 0 Å². The van der Waals surface area contributed by atoms with Crippen molar-refractivity contribution in [3.05, 3.63) is 0 Å². The van der Waals surface area contributed by atoms with Crippen LogP contribution in [0.5, 0.6) is 0 Å². The topological polar surface area (TPSA) is 12.5 Å². The molecule has 0 aromatic carbocycles. The Labute approximate surface area is 95.2 Å². The number of hydrogen-bond donors (Lipinski definition) is 0. The molecule has 0 spiro atoms. The fourth-order valence-electron chi connectivity index (χ4n) is 2.92. The van der Waals surface area contributed by atoms with Crippen molar-refractivity contribution in [1.29, 1.82) is 0 Å². The van der Waals surface area contributed by atoms with Gasteiger partial charge in [-0.3, -0.25) is 0 Å². The van der Waals surface area contributed by atoms with Crippen LogP contribution >= 0.6 is 0 Å². The standard InChI is InChI=1S/C13H25BO/c1-12(2,3)9-14-13(4)8-6-5-7-10-11(13)15-10/h10-11,14H,5-9H2,1-4H3. The van der Waals surface area contributed by atoms with E-state index in [4.69, 9.17) is 4.74 Å². The van der Waals surface area contributed by atoms with Crippen LogP contribution in [0.25, 0.3) is 0 Å². The van der Waals surface area contributed by atoms with E-state index >= 15 is 0 Å². The molecule has 0 bridgehead atoms. The third kappa shape index (κ3) is 2.78. The Kier molecular flexibility index (Phi) is 2.91. The Balaban J connectivity index is 1.93. The van der Waals surface area contributed by atoms with Crippen molar-refractivity contribution in [2.45, 2.75) is 77.2 Å². The molecule has 1 saturated carbocycles. The molecule has 0 aromatic rings. The molecule has 3 unspecified atom stereocenters. The van der Waals surface area contributed by atoms with Crippen LogP contribution in [0.4, 0.5) is 0 Å². The molecule has 2 aliphatic rings. The van der Waals surface area contributed by atoms with Crippen LogP contribution in [-0.2, 0) is 4.74 Å². The quantitative estimate of drug-likeness (QED) is 0.500. The molecule has 1 heterocycles. The maximum atomic E-state index is 5.84. The molecule has 3 atom stereocenters. The van der Waals surface area contributed by atoms with E-state index in [0.29, 0.717) is 22.9 Å². The third-order valence-corrected chi connectivity index (χ3v) is 4.20. The first-order valence-corrected chi connectivity index (χ1v) is 6.56. The van der Waals surface area contributed by atoms with Crippen LogP contribution in [-0.4, -0.2) is 19.5 Å². The lowest BCUT2D eigenvalue weighted by Crippen LogP contribution is -2.26. The summed E-state index contributed by atoms with van der Waals surface area (Å²) >= 11 is 0. The lowest BCUT2D eigenvalue weighted by Gasteiger charge is -2.29. The molecule has 1 aliphatic heterocycles. The summed E-state index contributed by atoms with van der Waals surface area (Å²) in [6.45, 7) is 9.49. The number of fused-ring (bicyclic) bond motifs is 1. The second-order valence-electron chi connectivity index (χ2n) is 7.06. The third-order valence-electron chi connectivity index (χ3n) is 4.20. The number of epoxide rings is 1. The molecule has 1 saturated heterocycles. The average molecular weight is 208 g/mol.